The predicted molar refractivity (Wildman–Crippen MR) is 141 cm³/mol. The van der Waals surface area contributed by atoms with Crippen molar-refractivity contribution in [3.8, 4) is 5.75 Å². The number of rotatable bonds is 6. The molecule has 9 nitrogen and oxygen atoms in total. The lowest BCUT2D eigenvalue weighted by molar-refractivity contribution is -0.385. The minimum Gasteiger partial charge on any atom is -0.502 e. The molecule has 1 aliphatic rings. The average molecular weight is 590 g/mol. The first-order valence-corrected chi connectivity index (χ1v) is 13.5. The van der Waals surface area contributed by atoms with Crippen molar-refractivity contribution in [2.75, 3.05) is 12.9 Å². The molecular weight excluding hydrogens is 570 g/mol. The lowest BCUT2D eigenvalue weighted by Gasteiger charge is -2.24. The number of nitro groups is 1. The van der Waals surface area contributed by atoms with Crippen LogP contribution in [-0.2, 0) is 9.53 Å². The smallest absolute Gasteiger partial charge is 0.338 e. The second-order valence-corrected chi connectivity index (χ2v) is 10.5. The van der Waals surface area contributed by atoms with E-state index in [9.17, 15) is 24.8 Å². The summed E-state index contributed by atoms with van der Waals surface area (Å²) in [5.74, 6) is -1.12. The van der Waals surface area contributed by atoms with Gasteiger partial charge in [-0.15, -0.1) is 11.8 Å². The summed E-state index contributed by atoms with van der Waals surface area (Å²) < 4.78 is 7.28. The van der Waals surface area contributed by atoms with Gasteiger partial charge in [0.2, 0.25) is 5.75 Å². The number of benzene rings is 2. The van der Waals surface area contributed by atoms with Crippen molar-refractivity contribution < 1.29 is 19.6 Å². The van der Waals surface area contributed by atoms with Gasteiger partial charge in [-0.3, -0.25) is 19.5 Å². The normalized spacial score (nSPS) is 15.4. The fraction of sp³-hybridized carbons (Fsp3) is 0.208. The SMILES string of the molecule is CCOC(=O)C1=C(C)N=c2s/c(=C\c3cc(Br)cc([N+](=O)[O-])c3O)c(=O)n2C1c1ccc(SC)cc1. The summed E-state index contributed by atoms with van der Waals surface area (Å²) in [4.78, 5) is 43.1. The van der Waals surface area contributed by atoms with Gasteiger partial charge < -0.3 is 9.84 Å². The van der Waals surface area contributed by atoms with E-state index in [1.807, 2.05) is 30.5 Å². The molecule has 1 unspecified atom stereocenters. The number of nitrogens with zero attached hydrogens (tertiary/aromatic N) is 3. The van der Waals surface area contributed by atoms with Crippen LogP contribution in [0.3, 0.4) is 0 Å². The Morgan fingerprint density at radius 3 is 2.67 bits per heavy atom. The van der Waals surface area contributed by atoms with E-state index in [2.05, 4.69) is 20.9 Å². The number of phenolic OH excluding ortho intramolecular Hbond substituents is 1. The Morgan fingerprint density at radius 1 is 1.36 bits per heavy atom. The Hall–Kier alpha value is -3.22. The standard InChI is InChI=1S/C24H20BrN3O6S2/c1-4-34-23(31)19-12(2)26-24-27(20(19)13-5-7-16(35-3)8-6-13)22(30)18(36-24)10-14-9-15(25)11-17(21(14)29)28(32)33/h5-11,20,29H,4H2,1-3H3/b18-10-. The Morgan fingerprint density at radius 2 is 2.06 bits per heavy atom. The minimum atomic E-state index is -0.774. The summed E-state index contributed by atoms with van der Waals surface area (Å²) in [7, 11) is 0. The van der Waals surface area contributed by atoms with Crippen LogP contribution in [0.1, 0.15) is 31.0 Å². The van der Waals surface area contributed by atoms with Crippen LogP contribution < -0.4 is 14.9 Å². The number of carbonyl (C=O) groups is 1. The number of thioether (sulfide) groups is 1. The van der Waals surface area contributed by atoms with Crippen molar-refractivity contribution in [2.45, 2.75) is 24.8 Å². The largest absolute Gasteiger partial charge is 0.502 e. The molecular formula is C24H20BrN3O6S2. The molecule has 36 heavy (non-hydrogen) atoms. The van der Waals surface area contributed by atoms with Crippen LogP contribution in [0.25, 0.3) is 6.08 Å². The van der Waals surface area contributed by atoms with E-state index in [-0.39, 0.29) is 22.3 Å². The molecule has 12 heteroatoms. The number of allylic oxidation sites excluding steroid dienone is 1. The number of halogens is 1. The minimum absolute atomic E-state index is 0.101. The molecule has 3 aromatic rings. The summed E-state index contributed by atoms with van der Waals surface area (Å²) in [5, 5.41) is 21.8. The Bertz CT molecular complexity index is 1590. The van der Waals surface area contributed by atoms with Crippen LogP contribution in [-0.4, -0.2) is 33.4 Å². The van der Waals surface area contributed by atoms with Crippen LogP contribution in [0.4, 0.5) is 5.69 Å². The van der Waals surface area contributed by atoms with E-state index in [0.29, 0.717) is 20.5 Å². The zero-order valence-corrected chi connectivity index (χ0v) is 22.6. The number of phenols is 1. The van der Waals surface area contributed by atoms with E-state index in [1.165, 1.54) is 22.8 Å². The fourth-order valence-electron chi connectivity index (χ4n) is 3.89. The van der Waals surface area contributed by atoms with Crippen molar-refractivity contribution in [1.29, 1.82) is 0 Å². The van der Waals surface area contributed by atoms with Crippen LogP contribution >= 0.6 is 39.0 Å². The molecule has 2 aromatic carbocycles. The Labute approximate surface area is 221 Å². The predicted octanol–water partition coefficient (Wildman–Crippen LogP) is 3.90. The number of esters is 1. The summed E-state index contributed by atoms with van der Waals surface area (Å²) in [6, 6.07) is 9.42. The quantitative estimate of drug-likeness (QED) is 0.200. The van der Waals surface area contributed by atoms with Crippen molar-refractivity contribution in [3.05, 3.63) is 93.1 Å². The number of fused-ring (bicyclic) bond motifs is 1. The van der Waals surface area contributed by atoms with Crippen molar-refractivity contribution in [1.82, 2.24) is 4.57 Å². The number of hydrogen-bond acceptors (Lipinski definition) is 9. The molecule has 2 heterocycles. The molecule has 1 aliphatic heterocycles. The monoisotopic (exact) mass is 589 g/mol. The van der Waals surface area contributed by atoms with Gasteiger partial charge in [0.15, 0.2) is 4.80 Å². The maximum atomic E-state index is 13.6. The molecule has 1 aromatic heterocycles. The van der Waals surface area contributed by atoms with Crippen molar-refractivity contribution in [2.24, 2.45) is 4.99 Å². The van der Waals surface area contributed by atoms with Crippen molar-refractivity contribution >= 4 is 56.8 Å². The number of aromatic nitrogens is 1. The highest BCUT2D eigenvalue weighted by Crippen LogP contribution is 2.34. The first kappa shape index (κ1) is 25.9. The topological polar surface area (TPSA) is 124 Å². The molecule has 4 rings (SSSR count). The second-order valence-electron chi connectivity index (χ2n) is 7.70. The zero-order valence-electron chi connectivity index (χ0n) is 19.4. The van der Waals surface area contributed by atoms with E-state index in [4.69, 9.17) is 4.74 Å². The molecule has 0 bridgehead atoms. The number of aromatic hydroxyl groups is 1. The first-order valence-electron chi connectivity index (χ1n) is 10.7. The molecule has 186 valence electrons. The lowest BCUT2D eigenvalue weighted by Crippen LogP contribution is -2.39. The summed E-state index contributed by atoms with van der Waals surface area (Å²) >= 11 is 5.84. The van der Waals surface area contributed by atoms with Gasteiger partial charge in [0.25, 0.3) is 5.56 Å². The molecule has 1 N–H and O–H groups in total. The maximum absolute atomic E-state index is 13.6. The van der Waals surface area contributed by atoms with Gasteiger partial charge >= 0.3 is 11.7 Å². The van der Waals surface area contributed by atoms with Crippen molar-refractivity contribution in [3.63, 3.8) is 0 Å². The summed E-state index contributed by atoms with van der Waals surface area (Å²) in [6.07, 6.45) is 3.34. The molecule has 0 saturated carbocycles. The van der Waals surface area contributed by atoms with E-state index < -0.39 is 33.9 Å². The van der Waals surface area contributed by atoms with Crippen LogP contribution in [0.2, 0.25) is 0 Å². The third-order valence-electron chi connectivity index (χ3n) is 5.52. The van der Waals surface area contributed by atoms with E-state index in [1.54, 1.807) is 25.6 Å². The van der Waals surface area contributed by atoms with E-state index in [0.717, 1.165) is 16.2 Å². The molecule has 0 amide bonds. The molecule has 0 fully saturated rings. The Kier molecular flexibility index (Phi) is 7.48. The van der Waals surface area contributed by atoms with Crippen LogP contribution in [0.5, 0.6) is 5.75 Å². The number of carbonyl (C=O) groups excluding carboxylic acids is 1. The van der Waals surface area contributed by atoms with Crippen LogP contribution in [0, 0.1) is 10.1 Å². The van der Waals surface area contributed by atoms with Gasteiger partial charge in [-0.05, 0) is 49.9 Å². The second kappa shape index (κ2) is 10.4. The maximum Gasteiger partial charge on any atom is 0.338 e. The molecule has 0 saturated heterocycles. The highest BCUT2D eigenvalue weighted by molar-refractivity contribution is 9.10. The number of ether oxygens (including phenoxy) is 1. The van der Waals surface area contributed by atoms with E-state index >= 15 is 0 Å². The molecule has 1 atom stereocenters. The molecule has 0 aliphatic carbocycles. The average Bonchev–Trinajstić information content (AvgIpc) is 3.14. The van der Waals surface area contributed by atoms with Gasteiger partial charge in [-0.2, -0.15) is 0 Å². The summed E-state index contributed by atoms with van der Waals surface area (Å²) in [5.41, 5.74) is 0.557. The van der Waals surface area contributed by atoms with Gasteiger partial charge in [-0.25, -0.2) is 9.79 Å². The van der Waals surface area contributed by atoms with Gasteiger partial charge in [0, 0.05) is 21.0 Å². The number of thiazole rings is 1. The highest BCUT2D eigenvalue weighted by Gasteiger charge is 2.33. The van der Waals surface area contributed by atoms with Gasteiger partial charge in [0.1, 0.15) is 0 Å². The summed E-state index contributed by atoms with van der Waals surface area (Å²) in [6.45, 7) is 3.56. The van der Waals surface area contributed by atoms with Gasteiger partial charge in [-0.1, -0.05) is 39.4 Å². The fourth-order valence-corrected chi connectivity index (χ4v) is 5.80. The molecule has 0 radical (unpaired) electrons. The van der Waals surface area contributed by atoms with Gasteiger partial charge in [0.05, 0.1) is 33.4 Å². The molecule has 0 spiro atoms. The number of nitro benzene ring substituents is 1. The Balaban J connectivity index is 1.97. The zero-order chi connectivity index (χ0) is 26.1. The lowest BCUT2D eigenvalue weighted by atomic mass is 9.96. The first-order chi connectivity index (χ1) is 17.2. The number of hydrogen-bond donors (Lipinski definition) is 1. The third kappa shape index (κ3) is 4.75. The third-order valence-corrected chi connectivity index (χ3v) is 7.70. The highest BCUT2D eigenvalue weighted by atomic mass is 79.9. The van der Waals surface area contributed by atoms with Crippen LogP contribution in [0.15, 0.2) is 66.8 Å².